The summed E-state index contributed by atoms with van der Waals surface area (Å²) < 4.78 is 6.06. The first-order valence-electron chi connectivity index (χ1n) is 7.12. The van der Waals surface area contributed by atoms with Gasteiger partial charge in [0.1, 0.15) is 11.5 Å². The average Bonchev–Trinajstić information content (AvgIpc) is 2.47. The van der Waals surface area contributed by atoms with E-state index in [4.69, 9.17) is 4.74 Å². The van der Waals surface area contributed by atoms with Crippen LogP contribution in [0.3, 0.4) is 0 Å². The smallest absolute Gasteiger partial charge is 0.150 e. The molecular weight excluding hydrogens is 248 g/mol. The van der Waals surface area contributed by atoms with Gasteiger partial charge < -0.3 is 10.1 Å². The highest BCUT2D eigenvalue weighted by atomic mass is 16.5. The van der Waals surface area contributed by atoms with Crippen LogP contribution < -0.4 is 10.1 Å². The molecule has 0 aliphatic carbocycles. The second kappa shape index (κ2) is 7.06. The first-order valence-corrected chi connectivity index (χ1v) is 7.12. The lowest BCUT2D eigenvalue weighted by atomic mass is 10.1. The molecule has 0 saturated heterocycles. The van der Waals surface area contributed by atoms with Crippen molar-refractivity contribution in [2.75, 3.05) is 0 Å². The van der Waals surface area contributed by atoms with Crippen LogP contribution >= 0.6 is 0 Å². The third kappa shape index (κ3) is 3.81. The van der Waals surface area contributed by atoms with E-state index in [0.717, 1.165) is 30.0 Å². The Hall–Kier alpha value is -1.87. The van der Waals surface area contributed by atoms with Gasteiger partial charge in [-0.2, -0.15) is 0 Å². The molecule has 3 heteroatoms. The van der Waals surface area contributed by atoms with Crippen molar-refractivity contribution in [2.45, 2.75) is 39.8 Å². The fourth-order valence-electron chi connectivity index (χ4n) is 1.97. The van der Waals surface area contributed by atoms with E-state index < -0.39 is 0 Å². The molecule has 0 bridgehead atoms. The monoisotopic (exact) mass is 270 g/mol. The quantitative estimate of drug-likeness (QED) is 0.863. The van der Waals surface area contributed by atoms with Gasteiger partial charge in [0.25, 0.3) is 0 Å². The third-order valence-electron chi connectivity index (χ3n) is 3.14. The number of nitrogens with zero attached hydrogens (tertiary/aromatic N) is 1. The Kier molecular flexibility index (Phi) is 5.13. The standard InChI is InChI=1S/C17H22N2O/c1-4-14-7-5-6-8-16(14)20-17-12-18-10-9-15(17)11-19-13(2)3/h5-10,12-13,19H,4,11H2,1-3H3. The predicted octanol–water partition coefficient (Wildman–Crippen LogP) is 3.93. The predicted molar refractivity (Wildman–Crippen MR) is 82.1 cm³/mol. The average molecular weight is 270 g/mol. The Morgan fingerprint density at radius 1 is 1.10 bits per heavy atom. The van der Waals surface area contributed by atoms with Gasteiger partial charge in [0, 0.05) is 24.3 Å². The summed E-state index contributed by atoms with van der Waals surface area (Å²) in [6.45, 7) is 7.18. The zero-order valence-corrected chi connectivity index (χ0v) is 12.4. The van der Waals surface area contributed by atoms with Gasteiger partial charge in [0.05, 0.1) is 6.20 Å². The number of hydrogen-bond donors (Lipinski definition) is 1. The van der Waals surface area contributed by atoms with E-state index in [1.54, 1.807) is 12.4 Å². The molecule has 106 valence electrons. The van der Waals surface area contributed by atoms with E-state index >= 15 is 0 Å². The molecule has 0 unspecified atom stereocenters. The summed E-state index contributed by atoms with van der Waals surface area (Å²) in [6, 6.07) is 10.6. The summed E-state index contributed by atoms with van der Waals surface area (Å²) >= 11 is 0. The van der Waals surface area contributed by atoms with Crippen molar-refractivity contribution >= 4 is 0 Å². The number of nitrogens with one attached hydrogen (secondary N) is 1. The lowest BCUT2D eigenvalue weighted by Crippen LogP contribution is -2.22. The largest absolute Gasteiger partial charge is 0.455 e. The van der Waals surface area contributed by atoms with Gasteiger partial charge in [0.2, 0.25) is 0 Å². The highest BCUT2D eigenvalue weighted by Crippen LogP contribution is 2.27. The van der Waals surface area contributed by atoms with Crippen LogP contribution in [0.5, 0.6) is 11.5 Å². The molecule has 2 rings (SSSR count). The first kappa shape index (κ1) is 14.5. The maximum absolute atomic E-state index is 6.06. The van der Waals surface area contributed by atoms with Gasteiger partial charge in [-0.1, -0.05) is 39.0 Å². The minimum absolute atomic E-state index is 0.443. The van der Waals surface area contributed by atoms with Gasteiger partial charge in [-0.15, -0.1) is 0 Å². The Morgan fingerprint density at radius 2 is 1.90 bits per heavy atom. The molecule has 1 heterocycles. The Morgan fingerprint density at radius 3 is 2.65 bits per heavy atom. The Balaban J connectivity index is 2.20. The van der Waals surface area contributed by atoms with Crippen molar-refractivity contribution in [3.8, 4) is 11.5 Å². The molecule has 1 aromatic carbocycles. The van der Waals surface area contributed by atoms with E-state index in [-0.39, 0.29) is 0 Å². The van der Waals surface area contributed by atoms with Crippen molar-refractivity contribution in [2.24, 2.45) is 0 Å². The summed E-state index contributed by atoms with van der Waals surface area (Å²) in [6.07, 6.45) is 4.54. The third-order valence-corrected chi connectivity index (χ3v) is 3.14. The molecule has 1 N–H and O–H groups in total. The molecule has 2 aromatic rings. The SMILES string of the molecule is CCc1ccccc1Oc1cnccc1CNC(C)C. The Labute approximate surface area is 121 Å². The number of benzene rings is 1. The van der Waals surface area contributed by atoms with E-state index in [0.29, 0.717) is 6.04 Å². The number of aromatic nitrogens is 1. The van der Waals surface area contributed by atoms with Crippen molar-refractivity contribution < 1.29 is 4.74 Å². The van der Waals surface area contributed by atoms with E-state index in [9.17, 15) is 0 Å². The minimum Gasteiger partial charge on any atom is -0.455 e. The summed E-state index contributed by atoms with van der Waals surface area (Å²) in [5.74, 6) is 1.73. The summed E-state index contributed by atoms with van der Waals surface area (Å²) in [5, 5.41) is 3.41. The number of aryl methyl sites for hydroxylation is 1. The normalized spacial score (nSPS) is 10.8. The molecule has 0 saturated carbocycles. The molecule has 0 radical (unpaired) electrons. The fraction of sp³-hybridized carbons (Fsp3) is 0.353. The number of pyridine rings is 1. The Bertz CT molecular complexity index is 552. The fourth-order valence-corrected chi connectivity index (χ4v) is 1.97. The lowest BCUT2D eigenvalue weighted by Gasteiger charge is -2.14. The number of hydrogen-bond acceptors (Lipinski definition) is 3. The van der Waals surface area contributed by atoms with Gasteiger partial charge in [-0.3, -0.25) is 4.98 Å². The molecule has 0 aliphatic heterocycles. The first-order chi connectivity index (χ1) is 9.70. The molecular formula is C17H22N2O. The highest BCUT2D eigenvalue weighted by Gasteiger charge is 2.08. The maximum atomic E-state index is 6.06. The summed E-state index contributed by atoms with van der Waals surface area (Å²) in [7, 11) is 0. The zero-order chi connectivity index (χ0) is 14.4. The van der Waals surface area contributed by atoms with Crippen LogP contribution in [0.25, 0.3) is 0 Å². The molecule has 0 amide bonds. The molecule has 3 nitrogen and oxygen atoms in total. The summed E-state index contributed by atoms with van der Waals surface area (Å²) in [4.78, 5) is 4.17. The van der Waals surface area contributed by atoms with Gasteiger partial charge in [-0.05, 0) is 24.1 Å². The lowest BCUT2D eigenvalue weighted by molar-refractivity contribution is 0.462. The minimum atomic E-state index is 0.443. The van der Waals surface area contributed by atoms with Crippen LogP contribution in [0, 0.1) is 0 Å². The van der Waals surface area contributed by atoms with Crippen LogP contribution in [0.15, 0.2) is 42.7 Å². The molecule has 0 atom stereocenters. The molecule has 20 heavy (non-hydrogen) atoms. The second-order valence-electron chi connectivity index (χ2n) is 5.08. The van der Waals surface area contributed by atoms with Crippen LogP contribution in [-0.2, 0) is 13.0 Å². The van der Waals surface area contributed by atoms with Crippen molar-refractivity contribution in [3.05, 3.63) is 53.9 Å². The van der Waals surface area contributed by atoms with Gasteiger partial charge in [-0.25, -0.2) is 0 Å². The second-order valence-corrected chi connectivity index (χ2v) is 5.08. The number of para-hydroxylation sites is 1. The topological polar surface area (TPSA) is 34.1 Å². The molecule has 0 aliphatic rings. The highest BCUT2D eigenvalue weighted by molar-refractivity contribution is 5.40. The van der Waals surface area contributed by atoms with Crippen molar-refractivity contribution in [1.29, 1.82) is 0 Å². The number of rotatable bonds is 6. The summed E-state index contributed by atoms with van der Waals surface area (Å²) in [5.41, 5.74) is 2.33. The van der Waals surface area contributed by atoms with Gasteiger partial charge >= 0.3 is 0 Å². The molecule has 0 fully saturated rings. The number of ether oxygens (including phenoxy) is 1. The maximum Gasteiger partial charge on any atom is 0.150 e. The van der Waals surface area contributed by atoms with Crippen molar-refractivity contribution in [1.82, 2.24) is 10.3 Å². The van der Waals surface area contributed by atoms with Crippen LogP contribution in [0.1, 0.15) is 31.9 Å². The van der Waals surface area contributed by atoms with E-state index in [1.807, 2.05) is 24.3 Å². The molecule has 0 spiro atoms. The zero-order valence-electron chi connectivity index (χ0n) is 12.4. The van der Waals surface area contributed by atoms with E-state index in [1.165, 1.54) is 5.56 Å². The van der Waals surface area contributed by atoms with Gasteiger partial charge in [0.15, 0.2) is 0 Å². The van der Waals surface area contributed by atoms with Crippen molar-refractivity contribution in [3.63, 3.8) is 0 Å². The van der Waals surface area contributed by atoms with Crippen LogP contribution in [-0.4, -0.2) is 11.0 Å². The van der Waals surface area contributed by atoms with E-state index in [2.05, 4.69) is 37.1 Å². The molecule has 1 aromatic heterocycles. The van der Waals surface area contributed by atoms with Crippen LogP contribution in [0.4, 0.5) is 0 Å². The van der Waals surface area contributed by atoms with Crippen LogP contribution in [0.2, 0.25) is 0 Å².